The van der Waals surface area contributed by atoms with Crippen LogP contribution in [0.5, 0.6) is 5.75 Å². The summed E-state index contributed by atoms with van der Waals surface area (Å²) in [7, 11) is 0. The zero-order chi connectivity index (χ0) is 14.1. The molecule has 1 aliphatic heterocycles. The zero-order valence-electron chi connectivity index (χ0n) is 11.5. The van der Waals surface area contributed by atoms with E-state index < -0.39 is 0 Å². The molecule has 1 aromatic carbocycles. The highest BCUT2D eigenvalue weighted by Crippen LogP contribution is 2.23. The summed E-state index contributed by atoms with van der Waals surface area (Å²) in [6, 6.07) is 5.70. The third-order valence-corrected chi connectivity index (χ3v) is 3.83. The van der Waals surface area contributed by atoms with E-state index in [1.165, 1.54) is 11.8 Å². The molecule has 21 heavy (non-hydrogen) atoms. The molecule has 0 radical (unpaired) electrons. The Labute approximate surface area is 132 Å². The highest BCUT2D eigenvalue weighted by Gasteiger charge is 2.24. The lowest BCUT2D eigenvalue weighted by atomic mass is 10.3. The van der Waals surface area contributed by atoms with Crippen LogP contribution in [0.1, 0.15) is 19.7 Å². The summed E-state index contributed by atoms with van der Waals surface area (Å²) in [5, 5.41) is 3.91. The Morgan fingerprint density at radius 1 is 1.43 bits per heavy atom. The lowest BCUT2D eigenvalue weighted by molar-refractivity contribution is 0.261. The van der Waals surface area contributed by atoms with Crippen LogP contribution in [0.15, 0.2) is 23.3 Å². The van der Waals surface area contributed by atoms with Gasteiger partial charge in [0.25, 0.3) is 5.24 Å². The van der Waals surface area contributed by atoms with Crippen LogP contribution in [0.2, 0.25) is 0 Å². The lowest BCUT2D eigenvalue weighted by Crippen LogP contribution is -2.30. The van der Waals surface area contributed by atoms with Crippen LogP contribution in [0.4, 0.5) is 4.79 Å². The maximum Gasteiger partial charge on any atom is 0.299 e. The van der Waals surface area contributed by atoms with Crippen molar-refractivity contribution in [1.82, 2.24) is 15.4 Å². The van der Waals surface area contributed by atoms with Crippen molar-refractivity contribution in [1.29, 1.82) is 0 Å². The minimum Gasteiger partial charge on any atom is -0.494 e. The topological polar surface area (TPSA) is 79.4 Å². The van der Waals surface area contributed by atoms with Crippen molar-refractivity contribution in [3.63, 3.8) is 0 Å². The molecule has 0 fully saturated rings. The van der Waals surface area contributed by atoms with E-state index in [0.717, 1.165) is 22.5 Å². The maximum absolute atomic E-state index is 11.2. The largest absolute Gasteiger partial charge is 0.494 e. The number of hydrogen-bond acceptors (Lipinski definition) is 5. The Hall–Kier alpha value is -1.73. The molecule has 8 heteroatoms. The Bertz CT molecular complexity index is 701. The van der Waals surface area contributed by atoms with Gasteiger partial charge in [-0.25, -0.2) is 10.4 Å². The molecule has 1 unspecified atom stereocenters. The third kappa shape index (κ3) is 3.14. The van der Waals surface area contributed by atoms with Gasteiger partial charge in [0.1, 0.15) is 11.5 Å². The first kappa shape index (κ1) is 15.7. The van der Waals surface area contributed by atoms with Crippen LogP contribution in [0, 0.1) is 0 Å². The summed E-state index contributed by atoms with van der Waals surface area (Å²) in [4.78, 5) is 19.0. The number of imidazole rings is 1. The molecule has 0 spiro atoms. The van der Waals surface area contributed by atoms with Crippen molar-refractivity contribution in [2.24, 2.45) is 5.10 Å². The fourth-order valence-electron chi connectivity index (χ4n) is 2.05. The van der Waals surface area contributed by atoms with Gasteiger partial charge in [-0.1, -0.05) is 11.8 Å². The van der Waals surface area contributed by atoms with E-state index in [2.05, 4.69) is 20.5 Å². The molecule has 0 bridgehead atoms. The number of aromatic amines is 1. The van der Waals surface area contributed by atoms with E-state index in [0.29, 0.717) is 12.4 Å². The number of halogens is 1. The number of fused-ring (bicyclic) bond motifs is 1. The second kappa shape index (κ2) is 6.36. The fraction of sp³-hybridized carbons (Fsp3) is 0.308. The van der Waals surface area contributed by atoms with Gasteiger partial charge in [-0.05, 0) is 26.0 Å². The van der Waals surface area contributed by atoms with Crippen LogP contribution in [-0.4, -0.2) is 32.8 Å². The number of thioether (sulfide) groups is 1. The average molecular weight is 327 g/mol. The highest BCUT2D eigenvalue weighted by atomic mass is 35.5. The van der Waals surface area contributed by atoms with Gasteiger partial charge in [0.2, 0.25) is 0 Å². The molecular formula is C13H15ClN4O2S. The molecule has 2 heterocycles. The molecule has 1 aliphatic rings. The van der Waals surface area contributed by atoms with E-state index in [9.17, 15) is 4.79 Å². The van der Waals surface area contributed by atoms with Gasteiger partial charge in [-0.3, -0.25) is 4.79 Å². The number of carbonyl (C=O) groups excluding carboxylic acids is 1. The average Bonchev–Trinajstić information content (AvgIpc) is 2.81. The van der Waals surface area contributed by atoms with E-state index in [1.54, 1.807) is 0 Å². The van der Waals surface area contributed by atoms with Crippen molar-refractivity contribution < 1.29 is 9.53 Å². The predicted molar refractivity (Wildman–Crippen MR) is 86.6 cm³/mol. The summed E-state index contributed by atoms with van der Waals surface area (Å²) in [5.74, 6) is 1.48. The van der Waals surface area contributed by atoms with Crippen LogP contribution >= 0.6 is 24.2 Å². The first-order valence-corrected chi connectivity index (χ1v) is 7.22. The minimum absolute atomic E-state index is 0. The van der Waals surface area contributed by atoms with Gasteiger partial charge in [0, 0.05) is 6.07 Å². The molecule has 2 aromatic rings. The fourth-order valence-corrected chi connectivity index (χ4v) is 2.75. The van der Waals surface area contributed by atoms with Crippen LogP contribution in [0.25, 0.3) is 11.0 Å². The number of hydrogen-bond donors (Lipinski definition) is 2. The van der Waals surface area contributed by atoms with Crippen LogP contribution in [0.3, 0.4) is 0 Å². The number of rotatable bonds is 3. The molecule has 1 aromatic heterocycles. The molecule has 112 valence electrons. The van der Waals surface area contributed by atoms with Crippen LogP contribution in [-0.2, 0) is 0 Å². The Kier molecular flexibility index (Phi) is 4.74. The molecule has 6 nitrogen and oxygen atoms in total. The molecule has 0 saturated carbocycles. The third-order valence-electron chi connectivity index (χ3n) is 2.94. The van der Waals surface area contributed by atoms with E-state index >= 15 is 0 Å². The number of nitrogens with zero attached hydrogens (tertiary/aromatic N) is 2. The maximum atomic E-state index is 11.2. The van der Waals surface area contributed by atoms with Gasteiger partial charge >= 0.3 is 0 Å². The molecule has 1 atom stereocenters. The number of carbonyl (C=O) groups is 1. The van der Waals surface area contributed by atoms with Crippen LogP contribution < -0.4 is 10.2 Å². The minimum atomic E-state index is -0.143. The first-order chi connectivity index (χ1) is 9.67. The monoisotopic (exact) mass is 326 g/mol. The van der Waals surface area contributed by atoms with Gasteiger partial charge in [0.15, 0.2) is 5.82 Å². The summed E-state index contributed by atoms with van der Waals surface area (Å²) in [5.41, 5.74) is 4.94. The Morgan fingerprint density at radius 2 is 2.24 bits per heavy atom. The van der Waals surface area contributed by atoms with Crippen molar-refractivity contribution in [2.75, 3.05) is 6.61 Å². The standard InChI is InChI=1S/C13H14N4O2S.ClH/c1-3-19-8-4-5-9-10(6-8)15-12(14-9)11-7(2)20-13(18)17-16-11;/h4-7H,3H2,1-2H3,(H,14,15)(H,17,18);1H. The normalized spacial score (nSPS) is 17.9. The second-order valence-electron chi connectivity index (χ2n) is 4.35. The number of ether oxygens (including phenoxy) is 1. The van der Waals surface area contributed by atoms with E-state index in [-0.39, 0.29) is 22.9 Å². The predicted octanol–water partition coefficient (Wildman–Crippen LogP) is 2.93. The first-order valence-electron chi connectivity index (χ1n) is 6.34. The van der Waals surface area contributed by atoms with Crippen molar-refractivity contribution >= 4 is 46.2 Å². The van der Waals surface area contributed by atoms with Crippen molar-refractivity contribution in [3.05, 3.63) is 24.0 Å². The van der Waals surface area contributed by atoms with Gasteiger partial charge < -0.3 is 9.72 Å². The highest BCUT2D eigenvalue weighted by molar-refractivity contribution is 8.14. The molecular weight excluding hydrogens is 312 g/mol. The summed E-state index contributed by atoms with van der Waals surface area (Å²) in [6.07, 6.45) is 0. The second-order valence-corrected chi connectivity index (χ2v) is 5.67. The van der Waals surface area contributed by atoms with Gasteiger partial charge in [-0.15, -0.1) is 12.4 Å². The molecule has 0 saturated heterocycles. The summed E-state index contributed by atoms with van der Waals surface area (Å²) in [6.45, 7) is 4.50. The Balaban J connectivity index is 0.00000161. The van der Waals surface area contributed by atoms with E-state index in [4.69, 9.17) is 4.74 Å². The number of hydrazone groups is 1. The van der Waals surface area contributed by atoms with Crippen molar-refractivity contribution in [2.45, 2.75) is 19.1 Å². The smallest absolute Gasteiger partial charge is 0.299 e. The molecule has 1 amide bonds. The molecule has 2 N–H and O–H groups in total. The summed E-state index contributed by atoms with van der Waals surface area (Å²) >= 11 is 1.20. The molecule has 3 rings (SSSR count). The number of H-pyrrole nitrogens is 1. The van der Waals surface area contributed by atoms with E-state index in [1.807, 2.05) is 32.0 Å². The Morgan fingerprint density at radius 3 is 2.95 bits per heavy atom. The van der Waals surface area contributed by atoms with Crippen molar-refractivity contribution in [3.8, 4) is 5.75 Å². The SMILES string of the molecule is CCOc1ccc2nc(C3=NNC(=O)SC3C)[nH]c2c1.Cl. The number of nitrogens with one attached hydrogen (secondary N) is 2. The zero-order valence-corrected chi connectivity index (χ0v) is 13.2. The number of amides is 1. The summed E-state index contributed by atoms with van der Waals surface area (Å²) < 4.78 is 5.46. The van der Waals surface area contributed by atoms with Gasteiger partial charge in [-0.2, -0.15) is 5.10 Å². The molecule has 0 aliphatic carbocycles. The quantitative estimate of drug-likeness (QED) is 0.909. The number of aromatic nitrogens is 2. The lowest BCUT2D eigenvalue weighted by Gasteiger charge is -2.16. The van der Waals surface area contributed by atoms with Gasteiger partial charge in [0.05, 0.1) is 22.9 Å². The number of benzene rings is 1.